The van der Waals surface area contributed by atoms with E-state index >= 15 is 0 Å². The Hall–Kier alpha value is -2.19. The number of hydrogen-bond donors (Lipinski definition) is 3. The minimum atomic E-state index is -1.82. The summed E-state index contributed by atoms with van der Waals surface area (Å²) in [5.74, 6) is -3.65. The topological polar surface area (TPSA) is 103 Å². The number of likely N-dealkylation sites (N-methyl/N-ethyl adjacent to an activating group) is 1. The van der Waals surface area contributed by atoms with Crippen molar-refractivity contribution in [3.8, 4) is 0 Å². The van der Waals surface area contributed by atoms with E-state index in [4.69, 9.17) is 19.8 Å². The van der Waals surface area contributed by atoms with Gasteiger partial charge in [-0.25, -0.2) is 14.6 Å². The minimum Gasteiger partial charge on any atom is -0.473 e. The van der Waals surface area contributed by atoms with Crippen LogP contribution in [0.15, 0.2) is 24.3 Å². The lowest BCUT2D eigenvalue weighted by molar-refractivity contribution is -0.159. The molecular weight excluding hydrogens is 306 g/mol. The molecule has 1 aliphatic heterocycles. The van der Waals surface area contributed by atoms with E-state index in [1.807, 2.05) is 6.07 Å². The predicted octanol–water partition coefficient (Wildman–Crippen LogP) is 1.25. The summed E-state index contributed by atoms with van der Waals surface area (Å²) in [6, 6.07) is 8.93. The molecule has 1 fully saturated rings. The number of fused-ring (bicyclic) bond motifs is 1. The van der Waals surface area contributed by atoms with Gasteiger partial charge in [0.15, 0.2) is 5.13 Å². The lowest BCUT2D eigenvalue weighted by Crippen LogP contribution is -2.33. The Balaban J connectivity index is 0.000000254. The number of carboxylic acid groups (broad SMARTS) is 2. The fraction of sp³-hybridized carbons (Fsp3) is 0.357. The molecule has 1 aliphatic rings. The van der Waals surface area contributed by atoms with Crippen LogP contribution in [0.4, 0.5) is 5.13 Å². The van der Waals surface area contributed by atoms with E-state index in [2.05, 4.69) is 40.4 Å². The Morgan fingerprint density at radius 3 is 2.55 bits per heavy atom. The average Bonchev–Trinajstić information content (AvgIpc) is 3.16. The van der Waals surface area contributed by atoms with Gasteiger partial charge in [-0.15, -0.1) is 0 Å². The summed E-state index contributed by atoms with van der Waals surface area (Å²) in [4.78, 5) is 25.2. The summed E-state index contributed by atoms with van der Waals surface area (Å²) in [6.07, 6.45) is 1.21. The lowest BCUT2D eigenvalue weighted by atomic mass is 10.2. The fourth-order valence-corrected chi connectivity index (χ4v) is 3.14. The number of nitrogens with zero attached hydrogens (tertiary/aromatic N) is 2. The monoisotopic (exact) mass is 323 g/mol. The molecule has 8 heteroatoms. The quantitative estimate of drug-likeness (QED) is 0.715. The van der Waals surface area contributed by atoms with Crippen LogP contribution in [0.1, 0.15) is 6.42 Å². The molecule has 1 unspecified atom stereocenters. The van der Waals surface area contributed by atoms with Crippen molar-refractivity contribution in [1.29, 1.82) is 0 Å². The predicted molar refractivity (Wildman–Crippen MR) is 84.6 cm³/mol. The molecule has 0 radical (unpaired) electrons. The van der Waals surface area contributed by atoms with Crippen LogP contribution in [-0.4, -0.2) is 53.3 Å². The smallest absolute Gasteiger partial charge is 0.414 e. The zero-order valence-corrected chi connectivity index (χ0v) is 12.8. The number of aromatic nitrogens is 1. The van der Waals surface area contributed by atoms with Crippen molar-refractivity contribution in [3.05, 3.63) is 24.3 Å². The molecular formula is C14H17N3O4S. The van der Waals surface area contributed by atoms with Crippen LogP contribution >= 0.6 is 11.3 Å². The number of carbonyl (C=O) groups is 2. The summed E-state index contributed by atoms with van der Waals surface area (Å²) in [7, 11) is 2.15. The van der Waals surface area contributed by atoms with Gasteiger partial charge in [-0.2, -0.15) is 0 Å². The van der Waals surface area contributed by atoms with Gasteiger partial charge in [0, 0.05) is 19.6 Å². The number of para-hydroxylation sites is 1. The molecule has 0 amide bonds. The molecule has 3 rings (SSSR count). The molecule has 3 N–H and O–H groups in total. The van der Waals surface area contributed by atoms with Crippen molar-refractivity contribution in [2.75, 3.05) is 25.0 Å². The maximum Gasteiger partial charge on any atom is 0.414 e. The molecule has 1 atom stereocenters. The van der Waals surface area contributed by atoms with Gasteiger partial charge in [0.05, 0.1) is 10.2 Å². The highest BCUT2D eigenvalue weighted by Gasteiger charge is 2.21. The molecule has 1 saturated heterocycles. The first-order valence-electron chi connectivity index (χ1n) is 6.74. The maximum atomic E-state index is 9.10. The molecule has 0 aliphatic carbocycles. The van der Waals surface area contributed by atoms with E-state index < -0.39 is 11.9 Å². The molecule has 2 aromatic rings. The minimum absolute atomic E-state index is 0.598. The van der Waals surface area contributed by atoms with Crippen molar-refractivity contribution >= 4 is 38.6 Å². The molecule has 0 saturated carbocycles. The first kappa shape index (κ1) is 16.2. The maximum absolute atomic E-state index is 9.10. The largest absolute Gasteiger partial charge is 0.473 e. The van der Waals surface area contributed by atoms with E-state index in [1.165, 1.54) is 11.1 Å². The molecule has 1 aromatic heterocycles. The van der Waals surface area contributed by atoms with Gasteiger partial charge in [0.1, 0.15) is 0 Å². The van der Waals surface area contributed by atoms with E-state index in [-0.39, 0.29) is 0 Å². The number of anilines is 1. The zero-order chi connectivity index (χ0) is 16.1. The number of rotatable bonds is 2. The Kier molecular flexibility index (Phi) is 5.29. The molecule has 2 heterocycles. The Bertz CT molecular complexity index is 622. The Morgan fingerprint density at radius 2 is 2.00 bits per heavy atom. The average molecular weight is 323 g/mol. The normalized spacial score (nSPS) is 16.9. The summed E-state index contributed by atoms with van der Waals surface area (Å²) in [5.41, 5.74) is 1.11. The van der Waals surface area contributed by atoms with Gasteiger partial charge in [-0.3, -0.25) is 0 Å². The second kappa shape index (κ2) is 7.19. The third-order valence-corrected chi connectivity index (χ3v) is 4.48. The molecule has 118 valence electrons. The van der Waals surface area contributed by atoms with Gasteiger partial charge in [-0.05, 0) is 25.1 Å². The van der Waals surface area contributed by atoms with Crippen molar-refractivity contribution in [2.24, 2.45) is 0 Å². The summed E-state index contributed by atoms with van der Waals surface area (Å²) < 4.78 is 1.27. The zero-order valence-electron chi connectivity index (χ0n) is 12.0. The van der Waals surface area contributed by atoms with Crippen molar-refractivity contribution in [2.45, 2.75) is 12.5 Å². The van der Waals surface area contributed by atoms with E-state index in [0.717, 1.165) is 23.7 Å². The molecule has 0 spiro atoms. The van der Waals surface area contributed by atoms with E-state index in [0.29, 0.717) is 6.04 Å². The van der Waals surface area contributed by atoms with E-state index in [9.17, 15) is 0 Å². The second-order valence-corrected chi connectivity index (χ2v) is 5.84. The second-order valence-electron chi connectivity index (χ2n) is 4.83. The van der Waals surface area contributed by atoms with Crippen LogP contribution in [0, 0.1) is 0 Å². The van der Waals surface area contributed by atoms with Gasteiger partial charge in [-0.1, -0.05) is 23.5 Å². The summed E-state index contributed by atoms with van der Waals surface area (Å²) in [5, 5.41) is 19.3. The number of thiazole rings is 1. The van der Waals surface area contributed by atoms with Crippen molar-refractivity contribution in [1.82, 2.24) is 10.3 Å². The van der Waals surface area contributed by atoms with E-state index in [1.54, 1.807) is 11.3 Å². The van der Waals surface area contributed by atoms with Gasteiger partial charge >= 0.3 is 11.9 Å². The number of carboxylic acids is 2. The number of nitrogens with one attached hydrogen (secondary N) is 1. The standard InChI is InChI=1S/C12H15N3S.C2H2O4/c1-15(9-6-7-13-8-9)12-14-10-4-2-3-5-11(10)16-12;3-1(4)2(5)6/h2-5,9,13H,6-8H2,1H3;(H,3,4)(H,5,6). The highest BCUT2D eigenvalue weighted by molar-refractivity contribution is 7.22. The van der Waals surface area contributed by atoms with Gasteiger partial charge in [0.2, 0.25) is 0 Å². The molecule has 7 nitrogen and oxygen atoms in total. The first-order chi connectivity index (χ1) is 10.5. The lowest BCUT2D eigenvalue weighted by Gasteiger charge is -2.22. The van der Waals surface area contributed by atoms with Gasteiger partial charge < -0.3 is 20.4 Å². The number of aliphatic carboxylic acids is 2. The SMILES string of the molecule is CN(c1nc2ccccc2s1)C1CCNC1.O=C(O)C(=O)O. The first-order valence-corrected chi connectivity index (χ1v) is 7.56. The Morgan fingerprint density at radius 1 is 1.32 bits per heavy atom. The fourth-order valence-electron chi connectivity index (χ4n) is 2.14. The van der Waals surface area contributed by atoms with Crippen molar-refractivity contribution in [3.63, 3.8) is 0 Å². The number of hydrogen-bond acceptors (Lipinski definition) is 6. The van der Waals surface area contributed by atoms with Crippen LogP contribution in [0.3, 0.4) is 0 Å². The molecule has 22 heavy (non-hydrogen) atoms. The highest BCUT2D eigenvalue weighted by Crippen LogP contribution is 2.29. The van der Waals surface area contributed by atoms with Crippen molar-refractivity contribution < 1.29 is 19.8 Å². The van der Waals surface area contributed by atoms with Gasteiger partial charge in [0.25, 0.3) is 0 Å². The van der Waals surface area contributed by atoms with Crippen LogP contribution in [0.2, 0.25) is 0 Å². The molecule has 0 bridgehead atoms. The van der Waals surface area contributed by atoms with Crippen LogP contribution in [0.25, 0.3) is 10.2 Å². The Labute approximate surface area is 131 Å². The van der Waals surface area contributed by atoms with Crippen LogP contribution < -0.4 is 10.2 Å². The highest BCUT2D eigenvalue weighted by atomic mass is 32.1. The van der Waals surface area contributed by atoms with Crippen LogP contribution in [-0.2, 0) is 9.59 Å². The third kappa shape index (κ3) is 3.92. The summed E-state index contributed by atoms with van der Waals surface area (Å²) >= 11 is 1.78. The van der Waals surface area contributed by atoms with Crippen LogP contribution in [0.5, 0.6) is 0 Å². The number of benzene rings is 1. The molecule has 1 aromatic carbocycles. The summed E-state index contributed by atoms with van der Waals surface area (Å²) in [6.45, 7) is 2.20. The third-order valence-electron chi connectivity index (χ3n) is 3.35.